The molecular weight excluding hydrogens is 1470 g/mol. The molecule has 4 aromatic heterocycles. The molecule has 4 aromatic carbocycles. The monoisotopic (exact) mass is 1580 g/mol. The number of carbonyl (C=O) groups is 4. The number of nitrogens with zero attached hydrogens (tertiary/aromatic N) is 6. The van der Waals surface area contributed by atoms with Crippen LogP contribution in [0, 0.1) is 82.7 Å². The highest BCUT2D eigenvalue weighted by molar-refractivity contribution is 6.31. The fourth-order valence-corrected chi connectivity index (χ4v) is 20.7. The summed E-state index contributed by atoms with van der Waals surface area (Å²) in [6.45, 7) is 17.7. The van der Waals surface area contributed by atoms with Gasteiger partial charge in [0.05, 0.1) is 34.9 Å². The predicted octanol–water partition coefficient (Wildman–Crippen LogP) is 19.1. The van der Waals surface area contributed by atoms with E-state index in [0.29, 0.717) is 119 Å². The number of aromatic nitrogens is 4. The molecule has 6 fully saturated rings. The van der Waals surface area contributed by atoms with Crippen LogP contribution in [0.15, 0.2) is 139 Å². The normalized spacial score (nSPS) is 27.2. The molecule has 22 heteroatoms. The number of nitrogens with one attached hydrogen (secondary N) is 4. The second kappa shape index (κ2) is 36.9. The molecule has 14 rings (SSSR count). The number of piperidine rings is 2. The number of rotatable bonds is 31. The lowest BCUT2D eigenvalue weighted by Gasteiger charge is -2.43. The van der Waals surface area contributed by atoms with Gasteiger partial charge in [-0.1, -0.05) is 130 Å². The first kappa shape index (κ1) is 80.9. The number of hydrogen-bond donors (Lipinski definition) is 4. The number of piperazine rings is 2. The van der Waals surface area contributed by atoms with Crippen molar-refractivity contribution in [3.63, 3.8) is 0 Å². The van der Waals surface area contributed by atoms with Crippen LogP contribution in [0.1, 0.15) is 187 Å². The molecule has 0 spiro atoms. The van der Waals surface area contributed by atoms with Crippen LogP contribution in [0.3, 0.4) is 0 Å². The molecule has 8 aromatic rings. The molecule has 2 saturated carbocycles. The number of halogens is 4. The van der Waals surface area contributed by atoms with E-state index in [1.54, 1.807) is 12.1 Å². The van der Waals surface area contributed by atoms with Gasteiger partial charge in [-0.05, 0) is 265 Å². The molecule has 598 valence electrons. The lowest BCUT2D eigenvalue weighted by atomic mass is 9.68. The molecule has 2 aliphatic carbocycles. The van der Waals surface area contributed by atoms with Crippen molar-refractivity contribution in [2.75, 3.05) is 13.1 Å². The maximum Gasteiger partial charge on any atom is 0.237 e. The molecule has 6 aliphatic rings. The van der Waals surface area contributed by atoms with Gasteiger partial charge in [0, 0.05) is 124 Å². The molecule has 0 bridgehead atoms. The van der Waals surface area contributed by atoms with Crippen LogP contribution in [-0.2, 0) is 45.1 Å². The van der Waals surface area contributed by atoms with Crippen LogP contribution in [0.25, 0.3) is 45.3 Å². The van der Waals surface area contributed by atoms with Gasteiger partial charge in [-0.3, -0.25) is 29.0 Å². The van der Waals surface area contributed by atoms with E-state index in [1.165, 1.54) is 12.1 Å². The molecule has 8 heterocycles. The van der Waals surface area contributed by atoms with Crippen LogP contribution in [0.4, 0.5) is 4.39 Å². The first-order valence-electron chi connectivity index (χ1n) is 41.6. The molecule has 4 N–H and O–H groups in total. The molecule has 4 saturated heterocycles. The van der Waals surface area contributed by atoms with E-state index in [0.717, 1.165) is 142 Å². The van der Waals surface area contributed by atoms with Crippen LogP contribution < -0.4 is 21.3 Å². The van der Waals surface area contributed by atoms with Gasteiger partial charge in [0.25, 0.3) is 0 Å². The highest BCUT2D eigenvalue weighted by atomic mass is 35.5. The van der Waals surface area contributed by atoms with Crippen LogP contribution in [0.2, 0.25) is 15.1 Å². The third kappa shape index (κ3) is 20.5. The van der Waals surface area contributed by atoms with E-state index in [-0.39, 0.29) is 113 Å². The van der Waals surface area contributed by atoms with Gasteiger partial charge in [0.2, 0.25) is 23.6 Å². The number of amides is 4. The van der Waals surface area contributed by atoms with E-state index < -0.39 is 6.04 Å². The van der Waals surface area contributed by atoms with Crippen molar-refractivity contribution in [3.8, 4) is 45.3 Å². The molecule has 112 heavy (non-hydrogen) atoms. The van der Waals surface area contributed by atoms with Gasteiger partial charge in [0.15, 0.2) is 23.0 Å². The smallest absolute Gasteiger partial charge is 0.237 e. The quantitative estimate of drug-likeness (QED) is 0.0317. The van der Waals surface area contributed by atoms with Gasteiger partial charge < -0.3 is 39.4 Å². The SMILES string of the molecule is CCCC1CC(Cc2cc(-c3ccc(Cl)cc3)on2)C(CC(C)CC2CCCC(C3CC(Cc4cc(-c5ccc(Cl)cc5)on4)C(CC(C)CC4CCC(C5CN(Cc6cc(-c7ccc(Cl)cc7)on6)C(CC(C)CC(C)C6CN(Cc7cc(-c8ccc(F)cc8)on7)C(CC(C)C)C(=O)N6)C(=O)N5)C4)C(=O)N3)C2)C(=O)N1. The van der Waals surface area contributed by atoms with E-state index in [4.69, 9.17) is 52.9 Å². The Bertz CT molecular complexity index is 4430. The largest absolute Gasteiger partial charge is 0.356 e. The van der Waals surface area contributed by atoms with E-state index in [2.05, 4.69) is 100 Å². The lowest BCUT2D eigenvalue weighted by molar-refractivity contribution is -0.133. The average Bonchev–Trinajstić information content (AvgIpc) is 1.23. The van der Waals surface area contributed by atoms with Gasteiger partial charge in [-0.2, -0.15) is 0 Å². The average molecular weight is 1590 g/mol. The van der Waals surface area contributed by atoms with Crippen molar-refractivity contribution < 1.29 is 41.7 Å². The topological polar surface area (TPSA) is 227 Å². The van der Waals surface area contributed by atoms with Crippen LogP contribution >= 0.6 is 34.8 Å². The van der Waals surface area contributed by atoms with Crippen LogP contribution in [0.5, 0.6) is 0 Å². The van der Waals surface area contributed by atoms with E-state index >= 15 is 4.79 Å². The van der Waals surface area contributed by atoms with Gasteiger partial charge >= 0.3 is 0 Å². The highest BCUT2D eigenvalue weighted by Gasteiger charge is 2.46. The zero-order valence-corrected chi connectivity index (χ0v) is 68.2. The summed E-state index contributed by atoms with van der Waals surface area (Å²) in [5.41, 5.74) is 6.59. The third-order valence-corrected chi connectivity index (χ3v) is 26.6. The van der Waals surface area contributed by atoms with Gasteiger partial charge in [0.1, 0.15) is 5.82 Å². The standard InChI is InChI=1S/C90H112Cl3FN10O8/c1-8-10-71-40-65(41-72-44-83(109-99-72)59-15-23-67(91)24-16-59)76(87(105)95-71)35-54(5)33-57-11-9-12-63(38-57)78-43-66(42-73-45-84(110-100-73)60-17-25-68(92)26-18-60)77(88(106)96-78)36-55(6)34-58-13-14-64(39-58)80-51-104(49-75-46-85(111-102-75)61-19-27-69(93)28-20-61)82(90(108)98-80)37-53(4)32-56(7)79-50-103(81(31-52(2)3)89(107)97-79)48-74-47-86(112-101-74)62-21-29-70(94)30-22-62/h15-30,44-47,52-58,63-66,71,76-82H,8-14,31-43,48-51H2,1-7H3,(H,95,105)(H,96,106)(H,97,107)(H,98,108). The first-order chi connectivity index (χ1) is 54.0. The van der Waals surface area contributed by atoms with Gasteiger partial charge in [-0.25, -0.2) is 4.39 Å². The Morgan fingerprint density at radius 2 is 0.911 bits per heavy atom. The lowest BCUT2D eigenvalue weighted by Crippen LogP contribution is -2.62. The van der Waals surface area contributed by atoms with Crippen molar-refractivity contribution in [1.29, 1.82) is 0 Å². The number of hydrogen-bond acceptors (Lipinski definition) is 14. The second-order valence-electron chi connectivity index (χ2n) is 35.2. The van der Waals surface area contributed by atoms with E-state index in [1.807, 2.05) is 97.1 Å². The summed E-state index contributed by atoms with van der Waals surface area (Å²) in [5, 5.41) is 34.2. The third-order valence-electron chi connectivity index (χ3n) is 25.8. The Labute approximate surface area is 674 Å². The Morgan fingerprint density at radius 1 is 0.464 bits per heavy atom. The van der Waals surface area contributed by atoms with Crippen molar-refractivity contribution in [2.45, 2.75) is 226 Å². The van der Waals surface area contributed by atoms with Crippen LogP contribution in [-0.4, -0.2) is 103 Å². The van der Waals surface area contributed by atoms with E-state index in [9.17, 15) is 18.8 Å². The molecule has 18 nitrogen and oxygen atoms in total. The first-order valence-corrected chi connectivity index (χ1v) is 42.7. The zero-order valence-electron chi connectivity index (χ0n) is 65.9. The zero-order chi connectivity index (χ0) is 78.3. The molecule has 0 radical (unpaired) electrons. The van der Waals surface area contributed by atoms with Crippen molar-refractivity contribution in [3.05, 3.63) is 165 Å². The minimum Gasteiger partial charge on any atom is -0.356 e. The summed E-state index contributed by atoms with van der Waals surface area (Å²) in [5.74, 6) is 5.07. The Balaban J connectivity index is 0.615. The Morgan fingerprint density at radius 3 is 1.44 bits per heavy atom. The number of carbonyl (C=O) groups excluding carboxylic acids is 4. The summed E-state index contributed by atoms with van der Waals surface area (Å²) < 4.78 is 37.4. The minimum absolute atomic E-state index is 0.00525. The molecule has 4 amide bonds. The fourth-order valence-electron chi connectivity index (χ4n) is 20.3. The van der Waals surface area contributed by atoms with Gasteiger partial charge in [-0.15, -0.1) is 0 Å². The maximum atomic E-state index is 15.1. The Kier molecular flexibility index (Phi) is 26.6. The molecule has 18 atom stereocenters. The maximum absolute atomic E-state index is 15.1. The molecular formula is C90H112Cl3FN10O8. The summed E-state index contributed by atoms with van der Waals surface area (Å²) >= 11 is 18.8. The summed E-state index contributed by atoms with van der Waals surface area (Å²) in [6, 6.07) is 36.0. The fraction of sp³-hybridized carbons (Fsp3) is 0.556. The number of benzene rings is 4. The summed E-state index contributed by atoms with van der Waals surface area (Å²) in [7, 11) is 0. The highest BCUT2D eigenvalue weighted by Crippen LogP contribution is 2.46. The molecule has 4 aliphatic heterocycles. The second-order valence-corrected chi connectivity index (χ2v) is 36.5. The summed E-state index contributed by atoms with van der Waals surface area (Å²) in [6.07, 6.45) is 18.2. The van der Waals surface area contributed by atoms with Crippen molar-refractivity contribution >= 4 is 58.4 Å². The van der Waals surface area contributed by atoms with Crippen molar-refractivity contribution in [2.24, 2.45) is 76.9 Å². The molecule has 18 unspecified atom stereocenters. The summed E-state index contributed by atoms with van der Waals surface area (Å²) in [4.78, 5) is 63.0. The Hall–Kier alpha value is -7.68. The predicted molar refractivity (Wildman–Crippen MR) is 434 cm³/mol. The van der Waals surface area contributed by atoms with Crippen molar-refractivity contribution in [1.82, 2.24) is 51.7 Å². The minimum atomic E-state index is -0.426.